The number of carbonyl (C=O) groups excluding carboxylic acids is 1. The van der Waals surface area contributed by atoms with Crippen LogP contribution in [0.25, 0.3) is 0 Å². The van der Waals surface area contributed by atoms with Crippen LogP contribution in [0.3, 0.4) is 0 Å². The molecule has 0 aromatic heterocycles. The second kappa shape index (κ2) is 8.89. The van der Waals surface area contributed by atoms with Crippen LogP contribution >= 0.6 is 12.4 Å². The summed E-state index contributed by atoms with van der Waals surface area (Å²) in [5.74, 6) is -0.566. The van der Waals surface area contributed by atoms with E-state index in [0.29, 0.717) is 23.4 Å². The highest BCUT2D eigenvalue weighted by Gasteiger charge is 2.24. The third kappa shape index (κ3) is 4.81. The monoisotopic (exact) mass is 427 g/mol. The molecule has 1 heterocycles. The fourth-order valence-electron chi connectivity index (χ4n) is 3.11. The molecule has 0 bridgehead atoms. The quantitative estimate of drug-likeness (QED) is 0.786. The lowest BCUT2D eigenvalue weighted by atomic mass is 10.1. The summed E-state index contributed by atoms with van der Waals surface area (Å²) in [4.78, 5) is 14.4. The number of nitrogens with one attached hydrogen (secondary N) is 2. The Balaban J connectivity index is 0.00000280. The van der Waals surface area contributed by atoms with Gasteiger partial charge in [0.15, 0.2) is 0 Å². The first kappa shape index (κ1) is 22.1. The maximum Gasteiger partial charge on any atom is 0.262 e. The van der Waals surface area contributed by atoms with Crippen LogP contribution < -0.4 is 10.0 Å². The van der Waals surface area contributed by atoms with Gasteiger partial charge in [0.1, 0.15) is 5.82 Å². The Bertz CT molecular complexity index is 951. The van der Waals surface area contributed by atoms with E-state index in [-0.39, 0.29) is 29.3 Å². The number of carbonyl (C=O) groups is 1. The van der Waals surface area contributed by atoms with Crippen molar-refractivity contribution in [1.82, 2.24) is 10.2 Å². The molecule has 1 fully saturated rings. The van der Waals surface area contributed by atoms with E-state index in [1.54, 1.807) is 29.2 Å². The molecule has 0 aliphatic carbocycles. The van der Waals surface area contributed by atoms with Crippen molar-refractivity contribution in [3.63, 3.8) is 0 Å². The summed E-state index contributed by atoms with van der Waals surface area (Å²) in [6, 6.07) is 9.93. The number of hydrogen-bond donors (Lipinski definition) is 2. The van der Waals surface area contributed by atoms with Gasteiger partial charge in [-0.15, -0.1) is 12.4 Å². The zero-order valence-electron chi connectivity index (χ0n) is 15.6. The SMILES string of the molecule is Cc1cc(F)ccc1S(=O)(=O)Nc1ccc(C(=O)N2CCNC[C@H]2C)cc1.Cl. The molecule has 1 aliphatic heterocycles. The minimum atomic E-state index is -3.84. The maximum atomic E-state index is 13.2. The smallest absolute Gasteiger partial charge is 0.262 e. The Labute approximate surface area is 170 Å². The van der Waals surface area contributed by atoms with Crippen molar-refractivity contribution >= 4 is 34.0 Å². The number of rotatable bonds is 4. The molecule has 6 nitrogen and oxygen atoms in total. The number of halogens is 2. The molecule has 2 aromatic rings. The van der Waals surface area contributed by atoms with Crippen molar-refractivity contribution in [1.29, 1.82) is 0 Å². The summed E-state index contributed by atoms with van der Waals surface area (Å²) >= 11 is 0. The minimum Gasteiger partial charge on any atom is -0.333 e. The molecule has 1 aliphatic rings. The zero-order chi connectivity index (χ0) is 19.6. The van der Waals surface area contributed by atoms with Crippen LogP contribution in [0.15, 0.2) is 47.4 Å². The highest BCUT2D eigenvalue weighted by atomic mass is 35.5. The van der Waals surface area contributed by atoms with Crippen molar-refractivity contribution in [3.05, 3.63) is 59.4 Å². The fraction of sp³-hybridized carbons (Fsp3) is 0.316. The van der Waals surface area contributed by atoms with Gasteiger partial charge in [-0.2, -0.15) is 0 Å². The first-order valence-electron chi connectivity index (χ1n) is 8.68. The van der Waals surface area contributed by atoms with Crippen LogP contribution in [-0.2, 0) is 10.0 Å². The number of nitrogens with zero attached hydrogens (tertiary/aromatic N) is 1. The zero-order valence-corrected chi connectivity index (χ0v) is 17.2. The fourth-order valence-corrected chi connectivity index (χ4v) is 4.40. The highest BCUT2D eigenvalue weighted by molar-refractivity contribution is 7.92. The number of aryl methyl sites for hydroxylation is 1. The lowest BCUT2D eigenvalue weighted by Gasteiger charge is -2.34. The lowest BCUT2D eigenvalue weighted by Crippen LogP contribution is -2.52. The predicted octanol–water partition coefficient (Wildman–Crippen LogP) is 2.79. The van der Waals surface area contributed by atoms with Crippen molar-refractivity contribution in [3.8, 4) is 0 Å². The Hall–Kier alpha value is -2.16. The van der Waals surface area contributed by atoms with E-state index in [4.69, 9.17) is 0 Å². The van der Waals surface area contributed by atoms with Gasteiger partial charge in [0.05, 0.1) is 4.90 Å². The second-order valence-corrected chi connectivity index (χ2v) is 8.30. The first-order chi connectivity index (χ1) is 12.8. The molecule has 0 unspecified atom stereocenters. The van der Waals surface area contributed by atoms with Gasteiger partial charge in [0.25, 0.3) is 15.9 Å². The van der Waals surface area contributed by atoms with E-state index in [1.807, 2.05) is 6.92 Å². The Morgan fingerprint density at radius 2 is 1.89 bits per heavy atom. The summed E-state index contributed by atoms with van der Waals surface area (Å²) in [6.07, 6.45) is 0. The van der Waals surface area contributed by atoms with Gasteiger partial charge < -0.3 is 10.2 Å². The number of amides is 1. The van der Waals surface area contributed by atoms with Crippen LogP contribution in [0.5, 0.6) is 0 Å². The average Bonchev–Trinajstić information content (AvgIpc) is 2.61. The first-order valence-corrected chi connectivity index (χ1v) is 10.2. The molecular formula is C19H23ClFN3O3S. The molecule has 2 aromatic carbocycles. The molecule has 3 rings (SSSR count). The average molecular weight is 428 g/mol. The summed E-state index contributed by atoms with van der Waals surface area (Å²) in [5.41, 5.74) is 1.16. The normalized spacial score (nSPS) is 17.0. The number of hydrogen-bond acceptors (Lipinski definition) is 4. The summed E-state index contributed by atoms with van der Waals surface area (Å²) in [6.45, 7) is 5.66. The van der Waals surface area contributed by atoms with Crippen LogP contribution in [0.1, 0.15) is 22.8 Å². The molecule has 2 N–H and O–H groups in total. The molecule has 9 heteroatoms. The van der Waals surface area contributed by atoms with Crippen LogP contribution in [-0.4, -0.2) is 44.9 Å². The van der Waals surface area contributed by atoms with Gasteiger partial charge in [-0.3, -0.25) is 9.52 Å². The van der Waals surface area contributed by atoms with Crippen molar-refractivity contribution in [2.24, 2.45) is 0 Å². The van der Waals surface area contributed by atoms with Crippen LogP contribution in [0.4, 0.5) is 10.1 Å². The van der Waals surface area contributed by atoms with E-state index in [9.17, 15) is 17.6 Å². The molecule has 152 valence electrons. The molecule has 0 radical (unpaired) electrons. The lowest BCUT2D eigenvalue weighted by molar-refractivity contribution is 0.0656. The van der Waals surface area contributed by atoms with E-state index >= 15 is 0 Å². The summed E-state index contributed by atoms with van der Waals surface area (Å²) < 4.78 is 40.7. The van der Waals surface area contributed by atoms with Gasteiger partial charge in [-0.1, -0.05) is 0 Å². The van der Waals surface area contributed by atoms with Gasteiger partial charge in [0, 0.05) is 36.9 Å². The topological polar surface area (TPSA) is 78.5 Å². The number of sulfonamides is 1. The highest BCUT2D eigenvalue weighted by Crippen LogP contribution is 2.21. The van der Waals surface area contributed by atoms with E-state index < -0.39 is 15.8 Å². The molecule has 0 spiro atoms. The predicted molar refractivity (Wildman–Crippen MR) is 109 cm³/mol. The molecular weight excluding hydrogens is 405 g/mol. The Kier molecular flexibility index (Phi) is 7.03. The standard InChI is InChI=1S/C19H22FN3O3S.ClH/c1-13-11-16(20)5-8-18(13)27(25,26)22-17-6-3-15(4-7-17)19(24)23-10-9-21-12-14(23)2;/h3-8,11,14,21-22H,9-10,12H2,1-2H3;1H/t14-;/m1./s1. The van der Waals surface area contributed by atoms with Crippen LogP contribution in [0.2, 0.25) is 0 Å². The molecule has 1 amide bonds. The maximum absolute atomic E-state index is 13.2. The van der Waals surface area contributed by atoms with Crippen molar-refractivity contribution in [2.45, 2.75) is 24.8 Å². The third-order valence-corrected chi connectivity index (χ3v) is 6.11. The molecule has 28 heavy (non-hydrogen) atoms. The Morgan fingerprint density at radius 3 is 2.50 bits per heavy atom. The third-order valence-electron chi connectivity index (χ3n) is 4.57. The largest absolute Gasteiger partial charge is 0.333 e. The number of anilines is 1. The van der Waals surface area contributed by atoms with E-state index in [0.717, 1.165) is 19.2 Å². The molecule has 1 saturated heterocycles. The molecule has 1 atom stereocenters. The van der Waals surface area contributed by atoms with E-state index in [2.05, 4.69) is 10.0 Å². The Morgan fingerprint density at radius 1 is 1.21 bits per heavy atom. The summed E-state index contributed by atoms with van der Waals surface area (Å²) in [7, 11) is -3.84. The second-order valence-electron chi connectivity index (χ2n) is 6.64. The summed E-state index contributed by atoms with van der Waals surface area (Å²) in [5, 5.41) is 3.24. The van der Waals surface area contributed by atoms with Crippen LogP contribution in [0, 0.1) is 12.7 Å². The van der Waals surface area contributed by atoms with Gasteiger partial charge >= 0.3 is 0 Å². The molecule has 0 saturated carbocycles. The van der Waals surface area contributed by atoms with Crippen molar-refractivity contribution in [2.75, 3.05) is 24.4 Å². The minimum absolute atomic E-state index is 0. The van der Waals surface area contributed by atoms with E-state index in [1.165, 1.54) is 19.1 Å². The number of piperazine rings is 1. The van der Waals surface area contributed by atoms with Gasteiger partial charge in [-0.25, -0.2) is 12.8 Å². The number of benzene rings is 2. The van der Waals surface area contributed by atoms with Gasteiger partial charge in [0.2, 0.25) is 0 Å². The van der Waals surface area contributed by atoms with Gasteiger partial charge in [-0.05, 0) is 61.9 Å². The van der Waals surface area contributed by atoms with Crippen molar-refractivity contribution < 1.29 is 17.6 Å².